The number of hydrogen-bond acceptors (Lipinski definition) is 8. The Kier molecular flexibility index (Phi) is 25.8. The lowest BCUT2D eigenvalue weighted by atomic mass is 10.1. The molecule has 0 heterocycles. The minimum atomic E-state index is -4.60. The van der Waals surface area contributed by atoms with Gasteiger partial charge >= 0.3 is 11.9 Å². The minimum Gasteiger partial charge on any atom is -0.756 e. The van der Waals surface area contributed by atoms with E-state index in [1.807, 2.05) is 21.1 Å². The van der Waals surface area contributed by atoms with E-state index >= 15 is 0 Å². The average Bonchev–Trinajstić information content (AvgIpc) is 2.91. The molecule has 0 aliphatic carbocycles. The summed E-state index contributed by atoms with van der Waals surface area (Å²) in [7, 11) is 1.17. The lowest BCUT2D eigenvalue weighted by molar-refractivity contribution is -0.870. The molecule has 0 radical (unpaired) electrons. The van der Waals surface area contributed by atoms with Crippen LogP contribution in [0.1, 0.15) is 142 Å². The Morgan fingerprint density at radius 1 is 0.643 bits per heavy atom. The molecule has 0 N–H and O–H groups in total. The van der Waals surface area contributed by atoms with Crippen LogP contribution in [0.15, 0.2) is 0 Å². The Morgan fingerprint density at radius 3 is 1.52 bits per heavy atom. The summed E-state index contributed by atoms with van der Waals surface area (Å²) in [4.78, 5) is 36.9. The standard InChI is InChI=1S/C32H64NO8P/c1-6-8-10-12-14-15-16-17-19-20-22-24-31(34)38-28-30(29-40-42(36,37)39-27-26-33(3,4)5)41-32(35)25-23-21-18-13-11-9-7-2/h30H,6-29H2,1-5H3. The number of hydrogen-bond donors (Lipinski definition) is 0. The van der Waals surface area contributed by atoms with Gasteiger partial charge in [0.2, 0.25) is 0 Å². The van der Waals surface area contributed by atoms with Gasteiger partial charge in [0, 0.05) is 12.8 Å². The molecular weight excluding hydrogens is 557 g/mol. The van der Waals surface area contributed by atoms with Gasteiger partial charge in [0.1, 0.15) is 19.8 Å². The number of esters is 2. The number of carbonyl (C=O) groups is 2. The Labute approximate surface area is 257 Å². The van der Waals surface area contributed by atoms with Crippen LogP contribution < -0.4 is 4.89 Å². The van der Waals surface area contributed by atoms with E-state index in [1.54, 1.807) is 0 Å². The zero-order valence-corrected chi connectivity index (χ0v) is 28.6. The molecule has 0 aromatic heterocycles. The van der Waals surface area contributed by atoms with Crippen molar-refractivity contribution in [3.63, 3.8) is 0 Å². The summed E-state index contributed by atoms with van der Waals surface area (Å²) >= 11 is 0. The second-order valence-corrected chi connectivity index (χ2v) is 14.0. The molecule has 42 heavy (non-hydrogen) atoms. The van der Waals surface area contributed by atoms with Crippen LogP contribution in [0, 0.1) is 0 Å². The van der Waals surface area contributed by atoms with E-state index in [0.29, 0.717) is 17.4 Å². The fourth-order valence-corrected chi connectivity index (χ4v) is 5.15. The molecule has 0 aromatic carbocycles. The molecule has 250 valence electrons. The molecule has 2 unspecified atom stereocenters. The Hall–Kier alpha value is -0.990. The van der Waals surface area contributed by atoms with Crippen molar-refractivity contribution in [1.29, 1.82) is 0 Å². The first-order valence-electron chi connectivity index (χ1n) is 16.7. The van der Waals surface area contributed by atoms with E-state index in [4.69, 9.17) is 18.5 Å². The highest BCUT2D eigenvalue weighted by atomic mass is 31.2. The van der Waals surface area contributed by atoms with Crippen molar-refractivity contribution < 1.29 is 42.1 Å². The summed E-state index contributed by atoms with van der Waals surface area (Å²) in [6, 6.07) is 0. The lowest BCUT2D eigenvalue weighted by Crippen LogP contribution is -2.37. The van der Waals surface area contributed by atoms with E-state index in [2.05, 4.69) is 13.8 Å². The molecule has 0 bridgehead atoms. The fraction of sp³-hybridized carbons (Fsp3) is 0.938. The highest BCUT2D eigenvalue weighted by Gasteiger charge is 2.21. The Balaban J connectivity index is 4.46. The van der Waals surface area contributed by atoms with Crippen molar-refractivity contribution in [2.24, 2.45) is 0 Å². The third-order valence-corrected chi connectivity index (χ3v) is 8.09. The minimum absolute atomic E-state index is 0.0269. The van der Waals surface area contributed by atoms with Crippen molar-refractivity contribution >= 4 is 19.8 Å². The lowest BCUT2D eigenvalue weighted by Gasteiger charge is -2.28. The van der Waals surface area contributed by atoms with Crippen LogP contribution in [0.5, 0.6) is 0 Å². The van der Waals surface area contributed by atoms with Crippen LogP contribution in [0.4, 0.5) is 0 Å². The first-order chi connectivity index (χ1) is 20.0. The molecule has 0 saturated carbocycles. The molecule has 0 aliphatic heterocycles. The third-order valence-electron chi connectivity index (χ3n) is 7.13. The van der Waals surface area contributed by atoms with Crippen molar-refractivity contribution in [2.75, 3.05) is 47.5 Å². The highest BCUT2D eigenvalue weighted by molar-refractivity contribution is 7.45. The predicted molar refractivity (Wildman–Crippen MR) is 167 cm³/mol. The fourth-order valence-electron chi connectivity index (χ4n) is 4.42. The molecule has 0 aliphatic rings. The van der Waals surface area contributed by atoms with E-state index in [9.17, 15) is 19.0 Å². The van der Waals surface area contributed by atoms with E-state index < -0.39 is 26.5 Å². The number of likely N-dealkylation sites (N-methyl/N-ethyl adjacent to an activating group) is 1. The summed E-state index contributed by atoms with van der Waals surface area (Å²) in [5.41, 5.74) is 0. The first-order valence-corrected chi connectivity index (χ1v) is 18.2. The van der Waals surface area contributed by atoms with Crippen LogP contribution in [-0.4, -0.2) is 70.0 Å². The van der Waals surface area contributed by atoms with Gasteiger partial charge in [-0.15, -0.1) is 0 Å². The smallest absolute Gasteiger partial charge is 0.306 e. The second-order valence-electron chi connectivity index (χ2n) is 12.5. The summed E-state index contributed by atoms with van der Waals surface area (Å²) in [6.45, 7) is 4.14. The number of nitrogens with zero attached hydrogens (tertiary/aromatic N) is 1. The number of unbranched alkanes of at least 4 members (excludes halogenated alkanes) is 16. The number of rotatable bonds is 30. The van der Waals surface area contributed by atoms with Crippen LogP contribution in [0.25, 0.3) is 0 Å². The van der Waals surface area contributed by atoms with E-state index in [0.717, 1.165) is 38.5 Å². The van der Waals surface area contributed by atoms with Gasteiger partial charge in [0.25, 0.3) is 7.82 Å². The molecule has 2 atom stereocenters. The van der Waals surface area contributed by atoms with Crippen molar-refractivity contribution in [3.05, 3.63) is 0 Å². The first kappa shape index (κ1) is 41.0. The van der Waals surface area contributed by atoms with Crippen molar-refractivity contribution in [1.82, 2.24) is 0 Å². The summed E-state index contributed by atoms with van der Waals surface area (Å²) < 4.78 is 33.5. The molecule has 0 amide bonds. The summed E-state index contributed by atoms with van der Waals surface area (Å²) in [5, 5.41) is 0. The van der Waals surface area contributed by atoms with Gasteiger partial charge < -0.3 is 27.9 Å². The quantitative estimate of drug-likeness (QED) is 0.0351. The van der Waals surface area contributed by atoms with Gasteiger partial charge in [-0.05, 0) is 12.8 Å². The largest absolute Gasteiger partial charge is 0.756 e. The Bertz CT molecular complexity index is 713. The van der Waals surface area contributed by atoms with Gasteiger partial charge in [-0.3, -0.25) is 14.2 Å². The van der Waals surface area contributed by atoms with Crippen LogP contribution in [0.3, 0.4) is 0 Å². The molecule has 9 nitrogen and oxygen atoms in total. The zero-order valence-electron chi connectivity index (χ0n) is 27.7. The maximum absolute atomic E-state index is 12.4. The van der Waals surface area contributed by atoms with E-state index in [-0.39, 0.29) is 32.0 Å². The SMILES string of the molecule is CCCCCCCCCCCCCC(=O)OCC(COP(=O)([O-])OCC[N+](C)(C)C)OC(=O)CCCCCCCCC. The normalized spacial score (nSPS) is 14.0. The van der Waals surface area contributed by atoms with Crippen LogP contribution in [0.2, 0.25) is 0 Å². The van der Waals surface area contributed by atoms with Gasteiger partial charge in [-0.1, -0.05) is 117 Å². The van der Waals surface area contributed by atoms with Crippen molar-refractivity contribution in [3.8, 4) is 0 Å². The predicted octanol–water partition coefficient (Wildman–Crippen LogP) is 7.49. The monoisotopic (exact) mass is 621 g/mol. The van der Waals surface area contributed by atoms with Gasteiger partial charge in [-0.2, -0.15) is 0 Å². The van der Waals surface area contributed by atoms with Gasteiger partial charge in [0.15, 0.2) is 6.10 Å². The number of carbonyl (C=O) groups excluding carboxylic acids is 2. The molecule has 0 saturated heterocycles. The number of phosphoric ester groups is 1. The third kappa shape index (κ3) is 29.1. The van der Waals surface area contributed by atoms with Crippen LogP contribution in [-0.2, 0) is 32.7 Å². The maximum atomic E-state index is 12.4. The molecule has 0 rings (SSSR count). The Morgan fingerprint density at radius 2 is 1.07 bits per heavy atom. The molecule has 0 fully saturated rings. The van der Waals surface area contributed by atoms with E-state index in [1.165, 1.54) is 70.6 Å². The van der Waals surface area contributed by atoms with Crippen LogP contribution >= 0.6 is 7.82 Å². The van der Waals surface area contributed by atoms with Gasteiger partial charge in [0.05, 0.1) is 27.7 Å². The molecular formula is C32H64NO8P. The maximum Gasteiger partial charge on any atom is 0.306 e. The molecule has 0 spiro atoms. The highest BCUT2D eigenvalue weighted by Crippen LogP contribution is 2.38. The number of ether oxygens (including phenoxy) is 2. The molecule has 0 aromatic rings. The van der Waals surface area contributed by atoms with Crippen molar-refractivity contribution in [2.45, 2.75) is 148 Å². The average molecular weight is 622 g/mol. The zero-order chi connectivity index (χ0) is 31.5. The summed E-state index contributed by atoms with van der Waals surface area (Å²) in [6.07, 6.45) is 20.1. The topological polar surface area (TPSA) is 111 Å². The second kappa shape index (κ2) is 26.4. The number of phosphoric acid groups is 1. The van der Waals surface area contributed by atoms with Gasteiger partial charge in [-0.25, -0.2) is 0 Å². The number of quaternary nitrogens is 1. The molecule has 10 heteroatoms. The summed E-state index contributed by atoms with van der Waals surface area (Å²) in [5.74, 6) is -0.839.